The van der Waals surface area contributed by atoms with Gasteiger partial charge in [0, 0.05) is 11.4 Å². The zero-order valence-electron chi connectivity index (χ0n) is 19.6. The first kappa shape index (κ1) is 24.3. The Morgan fingerprint density at radius 3 is 2.09 bits per heavy atom. The van der Waals surface area contributed by atoms with Gasteiger partial charge in [-0.1, -0.05) is 45.0 Å². The zero-order valence-corrected chi connectivity index (χ0v) is 20.4. The quantitative estimate of drug-likeness (QED) is 0.487. The molecule has 0 unspecified atom stereocenters. The highest BCUT2D eigenvalue weighted by Crippen LogP contribution is 2.31. The molecule has 0 heterocycles. The van der Waals surface area contributed by atoms with Crippen LogP contribution in [-0.2, 0) is 20.2 Å². The molecule has 0 aliphatic carbocycles. The minimum Gasteiger partial charge on any atom is -0.483 e. The number of ether oxygens (including phenoxy) is 1. The second-order valence-corrected chi connectivity index (χ2v) is 10.8. The highest BCUT2D eigenvalue weighted by Gasteiger charge is 2.19. The van der Waals surface area contributed by atoms with E-state index in [0.717, 1.165) is 16.7 Å². The molecule has 0 atom stereocenters. The Morgan fingerprint density at radius 2 is 1.48 bits per heavy atom. The van der Waals surface area contributed by atoms with Crippen molar-refractivity contribution < 1.29 is 17.9 Å². The zero-order chi connectivity index (χ0) is 24.2. The Kier molecular flexibility index (Phi) is 7.12. The van der Waals surface area contributed by atoms with Crippen molar-refractivity contribution in [2.45, 2.75) is 44.9 Å². The van der Waals surface area contributed by atoms with E-state index in [2.05, 4.69) is 30.8 Å². The number of hydrogen-bond donors (Lipinski definition) is 2. The van der Waals surface area contributed by atoms with Crippen LogP contribution in [0.5, 0.6) is 5.75 Å². The van der Waals surface area contributed by atoms with Gasteiger partial charge in [-0.2, -0.15) is 0 Å². The lowest BCUT2D eigenvalue weighted by molar-refractivity contribution is -0.118. The average molecular weight is 467 g/mol. The largest absolute Gasteiger partial charge is 0.483 e. The summed E-state index contributed by atoms with van der Waals surface area (Å²) in [6.45, 7) is 9.92. The van der Waals surface area contributed by atoms with Crippen molar-refractivity contribution >= 4 is 27.3 Å². The third-order valence-electron chi connectivity index (χ3n) is 4.98. The van der Waals surface area contributed by atoms with E-state index in [1.54, 1.807) is 24.3 Å². The number of hydrogen-bond acceptors (Lipinski definition) is 4. The van der Waals surface area contributed by atoms with Gasteiger partial charge < -0.3 is 10.1 Å². The highest BCUT2D eigenvalue weighted by molar-refractivity contribution is 7.92. The fourth-order valence-electron chi connectivity index (χ4n) is 3.52. The Labute approximate surface area is 196 Å². The molecule has 0 aromatic heterocycles. The fourth-order valence-corrected chi connectivity index (χ4v) is 4.56. The molecular weight excluding hydrogens is 436 g/mol. The molecule has 3 aromatic carbocycles. The lowest BCUT2D eigenvalue weighted by Crippen LogP contribution is -2.22. The van der Waals surface area contributed by atoms with E-state index < -0.39 is 10.0 Å². The summed E-state index contributed by atoms with van der Waals surface area (Å²) in [5.41, 5.74) is 3.84. The first-order valence-electron chi connectivity index (χ1n) is 10.7. The van der Waals surface area contributed by atoms with Crippen LogP contribution in [0.15, 0.2) is 71.6 Å². The molecule has 0 aliphatic rings. The van der Waals surface area contributed by atoms with Gasteiger partial charge in [0.05, 0.1) is 4.90 Å². The summed E-state index contributed by atoms with van der Waals surface area (Å²) in [7, 11) is -3.74. The van der Waals surface area contributed by atoms with E-state index in [-0.39, 0.29) is 22.8 Å². The highest BCUT2D eigenvalue weighted by atomic mass is 32.2. The van der Waals surface area contributed by atoms with Gasteiger partial charge in [0.2, 0.25) is 0 Å². The van der Waals surface area contributed by atoms with E-state index in [4.69, 9.17) is 4.74 Å². The third-order valence-corrected chi connectivity index (χ3v) is 6.37. The maximum Gasteiger partial charge on any atom is 0.262 e. The summed E-state index contributed by atoms with van der Waals surface area (Å²) < 4.78 is 33.8. The lowest BCUT2D eigenvalue weighted by Gasteiger charge is -2.22. The second kappa shape index (κ2) is 9.67. The number of aryl methyl sites for hydroxylation is 2. The van der Waals surface area contributed by atoms with Crippen LogP contribution in [0.3, 0.4) is 0 Å². The molecule has 0 saturated heterocycles. The van der Waals surface area contributed by atoms with Gasteiger partial charge in [0.25, 0.3) is 15.9 Å². The number of amides is 1. The molecule has 0 fully saturated rings. The molecule has 0 saturated carbocycles. The average Bonchev–Trinajstić information content (AvgIpc) is 2.71. The number of para-hydroxylation sites is 1. The van der Waals surface area contributed by atoms with Gasteiger partial charge in [-0.25, -0.2) is 8.42 Å². The van der Waals surface area contributed by atoms with Crippen LogP contribution in [0.2, 0.25) is 0 Å². The number of rotatable bonds is 7. The number of benzene rings is 3. The molecule has 7 heteroatoms. The van der Waals surface area contributed by atoms with Gasteiger partial charge in [-0.15, -0.1) is 0 Å². The van der Waals surface area contributed by atoms with Crippen molar-refractivity contribution in [2.75, 3.05) is 16.6 Å². The van der Waals surface area contributed by atoms with E-state index in [0.29, 0.717) is 17.1 Å². The van der Waals surface area contributed by atoms with Crippen LogP contribution in [0.4, 0.5) is 11.4 Å². The molecule has 1 amide bonds. The first-order valence-corrected chi connectivity index (χ1v) is 12.2. The predicted molar refractivity (Wildman–Crippen MR) is 132 cm³/mol. The van der Waals surface area contributed by atoms with Crippen molar-refractivity contribution in [1.82, 2.24) is 0 Å². The van der Waals surface area contributed by atoms with Gasteiger partial charge >= 0.3 is 0 Å². The summed E-state index contributed by atoms with van der Waals surface area (Å²) in [6.07, 6.45) is 0. The lowest BCUT2D eigenvalue weighted by atomic mass is 9.86. The molecule has 6 nitrogen and oxygen atoms in total. The molecule has 0 radical (unpaired) electrons. The van der Waals surface area contributed by atoms with Gasteiger partial charge in [0.15, 0.2) is 6.61 Å². The molecule has 174 valence electrons. The van der Waals surface area contributed by atoms with Crippen molar-refractivity contribution in [3.63, 3.8) is 0 Å². The number of sulfonamides is 1. The summed E-state index contributed by atoms with van der Waals surface area (Å²) in [5, 5.41) is 2.73. The SMILES string of the molecule is Cc1cc(C)cc(NS(=O)(=O)c2ccc(NC(=O)COc3ccccc3C(C)(C)C)cc2)c1. The normalized spacial score (nSPS) is 11.7. The second-order valence-electron chi connectivity index (χ2n) is 9.09. The smallest absolute Gasteiger partial charge is 0.262 e. The third kappa shape index (κ3) is 6.58. The molecule has 3 aromatic rings. The van der Waals surface area contributed by atoms with Gasteiger partial charge in [-0.3, -0.25) is 9.52 Å². The maximum absolute atomic E-state index is 12.7. The maximum atomic E-state index is 12.7. The minimum atomic E-state index is -3.74. The van der Waals surface area contributed by atoms with Crippen LogP contribution in [-0.4, -0.2) is 20.9 Å². The first-order chi connectivity index (χ1) is 15.4. The predicted octanol–water partition coefficient (Wildman–Crippen LogP) is 5.42. The Bertz CT molecular complexity index is 1220. The van der Waals surface area contributed by atoms with Crippen molar-refractivity contribution in [1.29, 1.82) is 0 Å². The number of carbonyl (C=O) groups excluding carboxylic acids is 1. The van der Waals surface area contributed by atoms with Crippen LogP contribution < -0.4 is 14.8 Å². The Morgan fingerprint density at radius 1 is 0.879 bits per heavy atom. The number of anilines is 2. The molecule has 0 aliphatic heterocycles. The summed E-state index contributed by atoms with van der Waals surface area (Å²) >= 11 is 0. The van der Waals surface area contributed by atoms with E-state index in [1.807, 2.05) is 44.2 Å². The number of carbonyl (C=O) groups is 1. The van der Waals surface area contributed by atoms with E-state index in [1.165, 1.54) is 12.1 Å². The van der Waals surface area contributed by atoms with Gasteiger partial charge in [0.1, 0.15) is 5.75 Å². The minimum absolute atomic E-state index is 0.106. The van der Waals surface area contributed by atoms with Crippen molar-refractivity contribution in [2.24, 2.45) is 0 Å². The standard InChI is InChI=1S/C26H30N2O4S/c1-18-14-19(2)16-21(15-18)28-33(30,31)22-12-10-20(11-13-22)27-25(29)17-32-24-9-7-6-8-23(24)26(3,4)5/h6-16,28H,17H2,1-5H3,(H,27,29). The summed E-state index contributed by atoms with van der Waals surface area (Å²) in [4.78, 5) is 12.5. The molecular formula is C26H30N2O4S. The Balaban J connectivity index is 1.63. The van der Waals surface area contributed by atoms with Crippen LogP contribution >= 0.6 is 0 Å². The van der Waals surface area contributed by atoms with Gasteiger partial charge in [-0.05, 0) is 78.4 Å². The van der Waals surface area contributed by atoms with Crippen molar-refractivity contribution in [3.05, 3.63) is 83.4 Å². The van der Waals surface area contributed by atoms with Crippen LogP contribution in [0.1, 0.15) is 37.5 Å². The number of nitrogens with one attached hydrogen (secondary N) is 2. The van der Waals surface area contributed by atoms with Crippen molar-refractivity contribution in [3.8, 4) is 5.75 Å². The Hall–Kier alpha value is -3.32. The molecule has 0 bridgehead atoms. The molecule has 0 spiro atoms. The monoisotopic (exact) mass is 466 g/mol. The van der Waals surface area contributed by atoms with E-state index >= 15 is 0 Å². The fraction of sp³-hybridized carbons (Fsp3) is 0.269. The van der Waals surface area contributed by atoms with Crippen LogP contribution in [0, 0.1) is 13.8 Å². The molecule has 33 heavy (non-hydrogen) atoms. The summed E-state index contributed by atoms with van der Waals surface area (Å²) in [6, 6.07) is 19.2. The topological polar surface area (TPSA) is 84.5 Å². The molecule has 2 N–H and O–H groups in total. The van der Waals surface area contributed by atoms with E-state index in [9.17, 15) is 13.2 Å². The molecule has 3 rings (SSSR count). The summed E-state index contributed by atoms with van der Waals surface area (Å²) in [5.74, 6) is 0.335. The van der Waals surface area contributed by atoms with Crippen LogP contribution in [0.25, 0.3) is 0 Å².